The molecule has 0 aliphatic carbocycles. The summed E-state index contributed by atoms with van der Waals surface area (Å²) in [5, 5.41) is 1.11. The fraction of sp³-hybridized carbons (Fsp3) is 0.308. The molecule has 1 unspecified atom stereocenters. The molecule has 0 radical (unpaired) electrons. The van der Waals surface area contributed by atoms with Gasteiger partial charge in [-0.05, 0) is 24.6 Å². The van der Waals surface area contributed by atoms with Gasteiger partial charge in [0.1, 0.15) is 0 Å². The van der Waals surface area contributed by atoms with Crippen molar-refractivity contribution in [2.45, 2.75) is 13.3 Å². The Hall–Kier alpha value is -0.990. The molecule has 0 bridgehead atoms. The zero-order valence-electron chi connectivity index (χ0n) is 9.54. The molecule has 4 heteroatoms. The molecule has 2 nitrogen and oxygen atoms in total. The van der Waals surface area contributed by atoms with Gasteiger partial charge in [-0.15, -0.1) is 6.58 Å². The highest BCUT2D eigenvalue weighted by molar-refractivity contribution is 6.37. The Labute approximate surface area is 111 Å². The van der Waals surface area contributed by atoms with Crippen LogP contribution in [-0.2, 0) is 4.79 Å². The highest BCUT2D eigenvalue weighted by atomic mass is 35.5. The average molecular weight is 270 g/mol. The lowest BCUT2D eigenvalue weighted by Gasteiger charge is -2.20. The van der Waals surface area contributed by atoms with Crippen molar-refractivity contribution >= 4 is 34.8 Å². The van der Waals surface area contributed by atoms with Crippen molar-refractivity contribution in [1.29, 1.82) is 0 Å². The Morgan fingerprint density at radius 3 is 2.71 bits per heavy atom. The predicted octanol–water partition coefficient (Wildman–Crippen LogP) is 3.84. The molecule has 0 spiro atoms. The minimum atomic E-state index is 0.0854. The molecule has 1 aliphatic heterocycles. The lowest BCUT2D eigenvalue weighted by atomic mass is 10.1. The van der Waals surface area contributed by atoms with Crippen LogP contribution in [-0.4, -0.2) is 12.5 Å². The van der Waals surface area contributed by atoms with Crippen LogP contribution in [0.5, 0.6) is 0 Å². The van der Waals surface area contributed by atoms with Crippen LogP contribution in [0.25, 0.3) is 0 Å². The first kappa shape index (κ1) is 12.5. The molecule has 1 saturated heterocycles. The molecule has 1 atom stereocenters. The van der Waals surface area contributed by atoms with Crippen LogP contribution in [0.2, 0.25) is 10.0 Å². The number of hydrogen-bond donors (Lipinski definition) is 0. The molecule has 2 rings (SSSR count). The molecule has 17 heavy (non-hydrogen) atoms. The number of benzene rings is 1. The zero-order chi connectivity index (χ0) is 12.6. The first-order valence-corrected chi connectivity index (χ1v) is 6.17. The third-order valence-corrected chi connectivity index (χ3v) is 3.48. The standard InChI is InChI=1S/C13H13Cl2NO/c1-3-9-5-12(17)16(7-9)13-8(2)4-10(14)6-11(13)15/h3-4,6,9H,1,5,7H2,2H3. The van der Waals surface area contributed by atoms with Gasteiger partial charge in [-0.2, -0.15) is 0 Å². The maximum atomic E-state index is 11.9. The van der Waals surface area contributed by atoms with Crippen molar-refractivity contribution in [3.05, 3.63) is 40.4 Å². The van der Waals surface area contributed by atoms with Gasteiger partial charge in [-0.1, -0.05) is 29.3 Å². The SMILES string of the molecule is C=CC1CC(=O)N(c2c(C)cc(Cl)cc2Cl)C1. The summed E-state index contributed by atoms with van der Waals surface area (Å²) in [5.74, 6) is 0.288. The van der Waals surface area contributed by atoms with E-state index in [-0.39, 0.29) is 11.8 Å². The molecule has 1 aromatic rings. The maximum absolute atomic E-state index is 11.9. The monoisotopic (exact) mass is 269 g/mol. The summed E-state index contributed by atoms with van der Waals surface area (Å²) in [6.07, 6.45) is 2.32. The van der Waals surface area contributed by atoms with Crippen molar-refractivity contribution in [3.63, 3.8) is 0 Å². The van der Waals surface area contributed by atoms with Crippen molar-refractivity contribution in [1.82, 2.24) is 0 Å². The molecule has 0 saturated carbocycles. The summed E-state index contributed by atoms with van der Waals surface area (Å²) < 4.78 is 0. The van der Waals surface area contributed by atoms with Gasteiger partial charge >= 0.3 is 0 Å². The fourth-order valence-electron chi connectivity index (χ4n) is 2.15. The van der Waals surface area contributed by atoms with E-state index in [1.165, 1.54) is 0 Å². The van der Waals surface area contributed by atoms with E-state index in [4.69, 9.17) is 23.2 Å². The van der Waals surface area contributed by atoms with Crippen LogP contribution in [0.3, 0.4) is 0 Å². The second-order valence-corrected chi connectivity index (χ2v) is 5.10. The smallest absolute Gasteiger partial charge is 0.227 e. The van der Waals surface area contributed by atoms with Crippen LogP contribution in [0.15, 0.2) is 24.8 Å². The Bertz CT molecular complexity index is 461. The minimum Gasteiger partial charge on any atom is -0.310 e. The Balaban J connectivity index is 2.41. The molecule has 1 fully saturated rings. The second-order valence-electron chi connectivity index (χ2n) is 4.26. The zero-order valence-corrected chi connectivity index (χ0v) is 11.1. The van der Waals surface area contributed by atoms with E-state index < -0.39 is 0 Å². The summed E-state index contributed by atoms with van der Waals surface area (Å²) in [5.41, 5.74) is 1.69. The normalized spacial score (nSPS) is 19.8. The molecule has 90 valence electrons. The van der Waals surface area contributed by atoms with Crippen LogP contribution < -0.4 is 4.90 Å². The van der Waals surface area contributed by atoms with Crippen molar-refractivity contribution in [2.24, 2.45) is 5.92 Å². The van der Waals surface area contributed by atoms with E-state index >= 15 is 0 Å². The van der Waals surface area contributed by atoms with E-state index in [1.54, 1.807) is 11.0 Å². The first-order chi connectivity index (χ1) is 8.02. The van der Waals surface area contributed by atoms with Crippen molar-refractivity contribution < 1.29 is 4.79 Å². The van der Waals surface area contributed by atoms with Gasteiger partial charge < -0.3 is 4.90 Å². The maximum Gasteiger partial charge on any atom is 0.227 e. The van der Waals surface area contributed by atoms with E-state index in [2.05, 4.69) is 6.58 Å². The van der Waals surface area contributed by atoms with Gasteiger partial charge in [0.25, 0.3) is 0 Å². The lowest BCUT2D eigenvalue weighted by Crippen LogP contribution is -2.25. The third-order valence-electron chi connectivity index (χ3n) is 2.98. The Morgan fingerprint density at radius 2 is 2.18 bits per heavy atom. The van der Waals surface area contributed by atoms with Gasteiger partial charge in [-0.3, -0.25) is 4.79 Å². The number of aryl methyl sites for hydroxylation is 1. The van der Waals surface area contributed by atoms with Crippen molar-refractivity contribution in [2.75, 3.05) is 11.4 Å². The number of hydrogen-bond acceptors (Lipinski definition) is 1. The highest BCUT2D eigenvalue weighted by Gasteiger charge is 2.30. The van der Waals surface area contributed by atoms with Gasteiger partial charge in [0.2, 0.25) is 5.91 Å². The topological polar surface area (TPSA) is 20.3 Å². The van der Waals surface area contributed by atoms with E-state index in [0.717, 1.165) is 11.3 Å². The number of carbonyl (C=O) groups is 1. The summed E-state index contributed by atoms with van der Waals surface area (Å²) >= 11 is 12.1. The predicted molar refractivity (Wildman–Crippen MR) is 71.9 cm³/mol. The third kappa shape index (κ3) is 2.33. The van der Waals surface area contributed by atoms with Crippen molar-refractivity contribution in [3.8, 4) is 0 Å². The summed E-state index contributed by atoms with van der Waals surface area (Å²) in [6, 6.07) is 3.48. The Kier molecular flexibility index (Phi) is 3.45. The molecule has 0 aromatic heterocycles. The average Bonchev–Trinajstić information content (AvgIpc) is 2.59. The summed E-state index contributed by atoms with van der Waals surface area (Å²) in [6.45, 7) is 6.28. The molecule has 1 aliphatic rings. The highest BCUT2D eigenvalue weighted by Crippen LogP contribution is 2.36. The number of nitrogens with zero attached hydrogens (tertiary/aromatic N) is 1. The van der Waals surface area contributed by atoms with Crippen LogP contribution >= 0.6 is 23.2 Å². The summed E-state index contributed by atoms with van der Waals surface area (Å²) in [7, 11) is 0. The number of amides is 1. The second kappa shape index (κ2) is 4.71. The Morgan fingerprint density at radius 1 is 1.47 bits per heavy atom. The first-order valence-electron chi connectivity index (χ1n) is 5.41. The number of anilines is 1. The number of carbonyl (C=O) groups excluding carboxylic acids is 1. The molecular weight excluding hydrogens is 257 g/mol. The van der Waals surface area contributed by atoms with Crippen LogP contribution in [0, 0.1) is 12.8 Å². The molecular formula is C13H13Cl2NO. The van der Waals surface area contributed by atoms with E-state index in [9.17, 15) is 4.79 Å². The number of halogens is 2. The molecule has 1 aromatic carbocycles. The quantitative estimate of drug-likeness (QED) is 0.748. The van der Waals surface area contributed by atoms with Gasteiger partial charge in [-0.25, -0.2) is 0 Å². The summed E-state index contributed by atoms with van der Waals surface area (Å²) in [4.78, 5) is 13.6. The number of rotatable bonds is 2. The fourth-order valence-corrected chi connectivity index (χ4v) is 2.84. The lowest BCUT2D eigenvalue weighted by molar-refractivity contribution is -0.117. The molecule has 1 amide bonds. The van der Waals surface area contributed by atoms with Gasteiger partial charge in [0.15, 0.2) is 0 Å². The largest absolute Gasteiger partial charge is 0.310 e. The van der Waals surface area contributed by atoms with Gasteiger partial charge in [0, 0.05) is 23.9 Å². The van der Waals surface area contributed by atoms with Gasteiger partial charge in [0.05, 0.1) is 10.7 Å². The van der Waals surface area contributed by atoms with E-state index in [0.29, 0.717) is 23.0 Å². The molecule has 1 heterocycles. The van der Waals surface area contributed by atoms with Crippen LogP contribution in [0.4, 0.5) is 5.69 Å². The van der Waals surface area contributed by atoms with E-state index in [1.807, 2.05) is 19.1 Å². The molecule has 0 N–H and O–H groups in total. The van der Waals surface area contributed by atoms with Crippen LogP contribution in [0.1, 0.15) is 12.0 Å². The minimum absolute atomic E-state index is 0.0854.